The second-order valence-corrected chi connectivity index (χ2v) is 14.8. The average molecular weight is 789 g/mol. The van der Waals surface area contributed by atoms with E-state index < -0.39 is 5.82 Å². The molecule has 3 aromatic heterocycles. The number of nitrogens with zero attached hydrogens (tertiary/aromatic N) is 5. The molecule has 5 heterocycles. The van der Waals surface area contributed by atoms with Crippen molar-refractivity contribution in [2.24, 2.45) is 7.05 Å². The van der Waals surface area contributed by atoms with Crippen molar-refractivity contribution in [3.63, 3.8) is 0 Å². The predicted octanol–water partition coefficient (Wildman–Crippen LogP) is 9.19. The van der Waals surface area contributed by atoms with Gasteiger partial charge in [0.1, 0.15) is 5.82 Å². The summed E-state index contributed by atoms with van der Waals surface area (Å²) >= 11 is 6.71. The molecule has 284 valence electrons. The van der Waals surface area contributed by atoms with Gasteiger partial charge in [-0.1, -0.05) is 41.9 Å². The largest absolute Gasteiger partial charge is 0.379 e. The molecule has 1 atom stereocenters. The molecule has 0 spiro atoms. The van der Waals surface area contributed by atoms with E-state index in [4.69, 9.17) is 16.3 Å². The normalized spacial score (nSPS) is 15.8. The van der Waals surface area contributed by atoms with Gasteiger partial charge in [-0.15, -0.1) is 12.4 Å². The number of rotatable bonds is 7. The van der Waals surface area contributed by atoms with Crippen molar-refractivity contribution in [2.75, 3.05) is 37.7 Å². The fourth-order valence-electron chi connectivity index (χ4n) is 8.17. The van der Waals surface area contributed by atoms with Gasteiger partial charge >= 0.3 is 0 Å². The van der Waals surface area contributed by atoms with Gasteiger partial charge in [-0.2, -0.15) is 0 Å². The Hall–Kier alpha value is -5.45. The molecule has 1 fully saturated rings. The minimum atomic E-state index is -0.395. The Balaban J connectivity index is 0.00000441. The summed E-state index contributed by atoms with van der Waals surface area (Å²) in [7, 11) is 1.98. The summed E-state index contributed by atoms with van der Waals surface area (Å²) in [6.45, 7) is 4.25. The maximum atomic E-state index is 15.0. The molecule has 0 N–H and O–H groups in total. The number of ether oxygens (including phenoxy) is 1. The van der Waals surface area contributed by atoms with E-state index in [2.05, 4.69) is 23.1 Å². The van der Waals surface area contributed by atoms with E-state index in [-0.39, 0.29) is 30.3 Å². The van der Waals surface area contributed by atoms with Crippen LogP contribution in [0.4, 0.5) is 15.8 Å². The number of hydrogen-bond acceptors (Lipinski definition) is 4. The van der Waals surface area contributed by atoms with Crippen LogP contribution in [0.3, 0.4) is 0 Å². The number of hydrogen-bond donors (Lipinski definition) is 0. The van der Waals surface area contributed by atoms with Gasteiger partial charge in [-0.3, -0.25) is 19.4 Å². The summed E-state index contributed by atoms with van der Waals surface area (Å²) in [4.78, 5) is 36.0. The van der Waals surface area contributed by atoms with Gasteiger partial charge in [0.2, 0.25) is 0 Å². The molecule has 2 aliphatic heterocycles. The van der Waals surface area contributed by atoms with Crippen LogP contribution in [0.2, 0.25) is 5.02 Å². The van der Waals surface area contributed by atoms with Gasteiger partial charge in [-0.25, -0.2) is 4.39 Å². The molecule has 0 radical (unpaired) electrons. The number of anilines is 2. The lowest BCUT2D eigenvalue weighted by Crippen LogP contribution is -2.52. The molecule has 11 heteroatoms. The Morgan fingerprint density at radius 1 is 0.804 bits per heavy atom. The highest BCUT2D eigenvalue weighted by molar-refractivity contribution is 6.31. The van der Waals surface area contributed by atoms with Crippen molar-refractivity contribution in [2.45, 2.75) is 19.0 Å². The maximum Gasteiger partial charge on any atom is 0.265 e. The zero-order valence-corrected chi connectivity index (χ0v) is 32.3. The average Bonchev–Trinajstić information content (AvgIpc) is 3.79. The molecular weight excluding hydrogens is 748 g/mol. The number of halogens is 3. The highest BCUT2D eigenvalue weighted by atomic mass is 35.5. The summed E-state index contributed by atoms with van der Waals surface area (Å²) in [6.07, 6.45) is 4.62. The molecule has 9 rings (SSSR count). The second kappa shape index (κ2) is 15.6. The Kier molecular flexibility index (Phi) is 10.4. The summed E-state index contributed by atoms with van der Waals surface area (Å²) in [5, 5.41) is 1.44. The summed E-state index contributed by atoms with van der Waals surface area (Å²) in [6, 6.07) is 35.0. The SMILES string of the molecule is Cl.Cn1ccc2cc(N(C(=O)c3cc(-c4cc(Cl)ccc4C(=O)N4Cc5ccccc5C[C@H]4CN4CCOCC4)n4ccccc34)c3ccc(F)cc3)ccc21. The van der Waals surface area contributed by atoms with Crippen molar-refractivity contribution < 1.29 is 18.7 Å². The van der Waals surface area contributed by atoms with Crippen LogP contribution in [-0.4, -0.2) is 69.5 Å². The first-order valence-electron chi connectivity index (χ1n) is 18.6. The van der Waals surface area contributed by atoms with Crippen LogP contribution in [0.25, 0.3) is 27.7 Å². The Morgan fingerprint density at radius 3 is 2.36 bits per heavy atom. The van der Waals surface area contributed by atoms with Crippen LogP contribution in [0.5, 0.6) is 0 Å². The fraction of sp³-hybridized carbons (Fsp3) is 0.200. The first-order valence-corrected chi connectivity index (χ1v) is 18.9. The first-order chi connectivity index (χ1) is 26.8. The van der Waals surface area contributed by atoms with Crippen LogP contribution < -0.4 is 4.90 Å². The maximum absolute atomic E-state index is 15.0. The summed E-state index contributed by atoms with van der Waals surface area (Å²) in [5.74, 6) is -0.791. The van der Waals surface area contributed by atoms with E-state index in [0.717, 1.165) is 42.5 Å². The van der Waals surface area contributed by atoms with E-state index in [0.29, 0.717) is 64.1 Å². The first kappa shape index (κ1) is 37.5. The number of carbonyl (C=O) groups excluding carboxylic acids is 2. The van der Waals surface area contributed by atoms with E-state index in [1.807, 2.05) is 94.0 Å². The van der Waals surface area contributed by atoms with Gasteiger partial charge in [0.15, 0.2) is 0 Å². The van der Waals surface area contributed by atoms with Gasteiger partial charge in [0.05, 0.1) is 30.0 Å². The molecule has 2 amide bonds. The van der Waals surface area contributed by atoms with Gasteiger partial charge in [-0.05, 0) is 102 Å². The quantitative estimate of drug-likeness (QED) is 0.162. The number of morpholine rings is 1. The minimum Gasteiger partial charge on any atom is -0.379 e. The number of benzene rings is 4. The number of aryl methyl sites for hydroxylation is 1. The highest BCUT2D eigenvalue weighted by Crippen LogP contribution is 2.37. The van der Waals surface area contributed by atoms with E-state index in [1.165, 1.54) is 17.7 Å². The highest BCUT2D eigenvalue weighted by Gasteiger charge is 2.34. The lowest BCUT2D eigenvalue weighted by atomic mass is 9.92. The van der Waals surface area contributed by atoms with Crippen LogP contribution in [0.15, 0.2) is 128 Å². The second-order valence-electron chi connectivity index (χ2n) is 14.3. The molecule has 4 aromatic carbocycles. The number of pyridine rings is 1. The smallest absolute Gasteiger partial charge is 0.265 e. The van der Waals surface area contributed by atoms with Gasteiger partial charge in [0, 0.05) is 90.1 Å². The van der Waals surface area contributed by atoms with E-state index >= 15 is 4.79 Å². The molecule has 0 aliphatic carbocycles. The monoisotopic (exact) mass is 787 g/mol. The van der Waals surface area contributed by atoms with Crippen molar-refractivity contribution in [3.8, 4) is 11.3 Å². The standard InChI is InChI=1S/C45H39ClFN5O3.ClH/c1-48-19-17-31-25-36(14-16-41(31)48)52(35-12-10-34(47)11-13-35)45(54)40-27-43(50-18-5-4-8-42(40)50)39-26-33(46)9-15-38(39)44(53)51-28-32-7-3-2-6-30(32)24-37(51)29-49-20-22-55-23-21-49;/h2-19,25-27,37H,20-24,28-29H2,1H3;1H/t37-;/m0./s1. The zero-order chi connectivity index (χ0) is 37.6. The molecule has 0 unspecified atom stereocenters. The number of fused-ring (bicyclic) bond motifs is 3. The Labute approximate surface area is 335 Å². The predicted molar refractivity (Wildman–Crippen MR) is 222 cm³/mol. The van der Waals surface area contributed by atoms with E-state index in [1.54, 1.807) is 29.2 Å². The molecule has 0 saturated carbocycles. The van der Waals surface area contributed by atoms with Crippen molar-refractivity contribution in [3.05, 3.63) is 161 Å². The third-order valence-electron chi connectivity index (χ3n) is 11.0. The summed E-state index contributed by atoms with van der Waals surface area (Å²) in [5.41, 5.74) is 7.45. The molecule has 56 heavy (non-hydrogen) atoms. The Morgan fingerprint density at radius 2 is 1.55 bits per heavy atom. The minimum absolute atomic E-state index is 0. The molecule has 1 saturated heterocycles. The third kappa shape index (κ3) is 6.96. The topological polar surface area (TPSA) is 62.4 Å². The molecule has 7 aromatic rings. The van der Waals surface area contributed by atoms with Crippen molar-refractivity contribution in [1.82, 2.24) is 18.8 Å². The summed E-state index contributed by atoms with van der Waals surface area (Å²) < 4.78 is 23.8. The van der Waals surface area contributed by atoms with Gasteiger partial charge in [0.25, 0.3) is 11.8 Å². The molecule has 2 aliphatic rings. The van der Waals surface area contributed by atoms with Crippen LogP contribution in [0.1, 0.15) is 31.8 Å². The lowest BCUT2D eigenvalue weighted by Gasteiger charge is -2.40. The number of amides is 2. The van der Waals surface area contributed by atoms with Crippen molar-refractivity contribution in [1.29, 1.82) is 0 Å². The number of carbonyl (C=O) groups is 2. The Bertz CT molecular complexity index is 2580. The molecular formula is C45H40Cl2FN5O3. The van der Waals surface area contributed by atoms with Crippen LogP contribution in [0, 0.1) is 5.82 Å². The molecule has 8 nitrogen and oxygen atoms in total. The molecule has 0 bridgehead atoms. The van der Waals surface area contributed by atoms with E-state index in [9.17, 15) is 9.18 Å². The van der Waals surface area contributed by atoms with Crippen LogP contribution >= 0.6 is 24.0 Å². The van der Waals surface area contributed by atoms with Crippen LogP contribution in [-0.2, 0) is 24.8 Å². The fourth-order valence-corrected chi connectivity index (χ4v) is 8.35. The number of aromatic nitrogens is 2. The van der Waals surface area contributed by atoms with Crippen molar-refractivity contribution >= 4 is 63.6 Å². The van der Waals surface area contributed by atoms with Gasteiger partial charge < -0.3 is 18.6 Å². The third-order valence-corrected chi connectivity index (χ3v) is 11.2. The zero-order valence-electron chi connectivity index (χ0n) is 30.8. The lowest BCUT2D eigenvalue weighted by molar-refractivity contribution is 0.0193.